The molecule has 3 atom stereocenters. The van der Waals surface area contributed by atoms with E-state index in [1.165, 1.54) is 16.4 Å². The maximum atomic E-state index is 13.0. The zero-order chi connectivity index (χ0) is 24.9. The molecule has 1 aliphatic rings. The number of benzene rings is 2. The highest BCUT2D eigenvalue weighted by Gasteiger charge is 2.32. The number of ether oxygens (including phenoxy) is 1. The third kappa shape index (κ3) is 6.55. The first-order valence-corrected chi connectivity index (χ1v) is 12.7. The maximum absolute atomic E-state index is 13.0. The molecule has 0 aliphatic carbocycles. The summed E-state index contributed by atoms with van der Waals surface area (Å²) in [6, 6.07) is 13.7. The summed E-state index contributed by atoms with van der Waals surface area (Å²) in [7, 11) is -3.67. The fourth-order valence-electron chi connectivity index (χ4n) is 3.77. The van der Waals surface area contributed by atoms with Crippen molar-refractivity contribution in [2.75, 3.05) is 23.7 Å². The summed E-state index contributed by atoms with van der Waals surface area (Å²) in [5.41, 5.74) is 1.05. The van der Waals surface area contributed by atoms with E-state index >= 15 is 0 Å². The summed E-state index contributed by atoms with van der Waals surface area (Å²) in [5.74, 6) is -0.573. The standard InChI is InChI=1S/C24H32N4O5S/c1-16(2)22(27-24(30)26-19-8-6-5-7-9-19)23(29)25-20-10-12-21(13-11-20)34(31,32)28-14-17(3)33-18(4)15-28/h5-13,16-18,22H,14-15H2,1-4H3,(H,25,29)(H2,26,27,30)/t17-,18-,22-/m1/s1. The highest BCUT2D eigenvalue weighted by atomic mass is 32.2. The van der Waals surface area contributed by atoms with Crippen LogP contribution in [0.25, 0.3) is 0 Å². The molecule has 0 bridgehead atoms. The molecule has 9 nitrogen and oxygen atoms in total. The minimum absolute atomic E-state index is 0.146. The molecule has 3 N–H and O–H groups in total. The number of carbonyl (C=O) groups is 2. The Kier molecular flexibility index (Phi) is 8.29. The Morgan fingerprint density at radius 1 is 0.912 bits per heavy atom. The van der Waals surface area contributed by atoms with Gasteiger partial charge in [0.25, 0.3) is 0 Å². The lowest BCUT2D eigenvalue weighted by molar-refractivity contribution is -0.118. The molecule has 1 aliphatic heterocycles. The normalized spacial score (nSPS) is 19.9. The second-order valence-electron chi connectivity index (χ2n) is 8.78. The molecule has 0 unspecified atom stereocenters. The smallest absolute Gasteiger partial charge is 0.319 e. The predicted octanol–water partition coefficient (Wildman–Crippen LogP) is 3.27. The fourth-order valence-corrected chi connectivity index (χ4v) is 5.36. The van der Waals surface area contributed by atoms with Crippen molar-refractivity contribution in [3.05, 3.63) is 54.6 Å². The van der Waals surface area contributed by atoms with Crippen LogP contribution in [0.2, 0.25) is 0 Å². The molecule has 1 fully saturated rings. The maximum Gasteiger partial charge on any atom is 0.319 e. The molecule has 0 radical (unpaired) electrons. The Bertz CT molecular complexity index is 1080. The van der Waals surface area contributed by atoms with Crippen molar-refractivity contribution in [1.82, 2.24) is 9.62 Å². The zero-order valence-electron chi connectivity index (χ0n) is 19.8. The van der Waals surface area contributed by atoms with Crippen LogP contribution in [0.1, 0.15) is 27.7 Å². The van der Waals surface area contributed by atoms with Gasteiger partial charge in [-0.2, -0.15) is 4.31 Å². The SMILES string of the molecule is CC(C)[C@@H](NC(=O)Nc1ccccc1)C(=O)Nc1ccc(S(=O)(=O)N2C[C@@H](C)O[C@H](C)C2)cc1. The molecular formula is C24H32N4O5S. The van der Waals surface area contributed by atoms with Crippen molar-refractivity contribution in [2.45, 2.75) is 50.8 Å². The molecule has 3 rings (SSSR count). The Hall–Kier alpha value is -2.95. The van der Waals surface area contributed by atoms with Crippen LogP contribution < -0.4 is 16.0 Å². The van der Waals surface area contributed by atoms with Gasteiger partial charge in [-0.3, -0.25) is 4.79 Å². The summed E-state index contributed by atoms with van der Waals surface area (Å²) in [4.78, 5) is 25.3. The number of para-hydroxylation sites is 1. The van der Waals surface area contributed by atoms with Crippen LogP contribution in [0.5, 0.6) is 0 Å². The van der Waals surface area contributed by atoms with E-state index < -0.39 is 28.0 Å². The summed E-state index contributed by atoms with van der Waals surface area (Å²) in [6.45, 7) is 7.92. The first kappa shape index (κ1) is 25.7. The molecule has 0 aromatic heterocycles. The number of nitrogens with one attached hydrogen (secondary N) is 3. The van der Waals surface area contributed by atoms with Crippen LogP contribution in [0.3, 0.4) is 0 Å². The lowest BCUT2D eigenvalue weighted by Crippen LogP contribution is -2.48. The average molecular weight is 489 g/mol. The van der Waals surface area contributed by atoms with Gasteiger partial charge in [-0.15, -0.1) is 0 Å². The van der Waals surface area contributed by atoms with Gasteiger partial charge in [0.05, 0.1) is 17.1 Å². The number of sulfonamides is 1. The fraction of sp³-hybridized carbons (Fsp3) is 0.417. The highest BCUT2D eigenvalue weighted by molar-refractivity contribution is 7.89. The topological polar surface area (TPSA) is 117 Å². The van der Waals surface area contributed by atoms with E-state index in [0.29, 0.717) is 11.4 Å². The third-order valence-corrected chi connectivity index (χ3v) is 7.26. The second-order valence-corrected chi connectivity index (χ2v) is 10.7. The predicted molar refractivity (Wildman–Crippen MR) is 131 cm³/mol. The monoisotopic (exact) mass is 488 g/mol. The Morgan fingerprint density at radius 3 is 2.03 bits per heavy atom. The van der Waals surface area contributed by atoms with Gasteiger partial charge in [-0.05, 0) is 56.2 Å². The molecule has 184 valence electrons. The largest absolute Gasteiger partial charge is 0.373 e. The molecule has 0 spiro atoms. The summed E-state index contributed by atoms with van der Waals surface area (Å²) < 4.78 is 33.1. The number of hydrogen-bond donors (Lipinski definition) is 3. The number of urea groups is 1. The number of carbonyl (C=O) groups excluding carboxylic acids is 2. The number of amides is 3. The van der Waals surface area contributed by atoms with Gasteiger partial charge in [0, 0.05) is 24.5 Å². The Balaban J connectivity index is 1.64. The van der Waals surface area contributed by atoms with Crippen molar-refractivity contribution in [2.24, 2.45) is 5.92 Å². The van der Waals surface area contributed by atoms with Gasteiger partial charge in [-0.25, -0.2) is 13.2 Å². The zero-order valence-corrected chi connectivity index (χ0v) is 20.6. The van der Waals surface area contributed by atoms with E-state index in [1.807, 2.05) is 33.8 Å². The van der Waals surface area contributed by atoms with Crippen LogP contribution in [0.4, 0.5) is 16.2 Å². The molecule has 2 aromatic rings. The first-order valence-electron chi connectivity index (χ1n) is 11.3. The molecule has 1 saturated heterocycles. The van der Waals surface area contributed by atoms with E-state index in [4.69, 9.17) is 4.74 Å². The second kappa shape index (κ2) is 11.0. The minimum Gasteiger partial charge on any atom is -0.373 e. The number of hydrogen-bond acceptors (Lipinski definition) is 5. The van der Waals surface area contributed by atoms with Crippen molar-refractivity contribution < 1.29 is 22.7 Å². The molecule has 3 amide bonds. The van der Waals surface area contributed by atoms with E-state index in [-0.39, 0.29) is 36.1 Å². The van der Waals surface area contributed by atoms with E-state index in [1.54, 1.807) is 36.4 Å². The minimum atomic E-state index is -3.67. The average Bonchev–Trinajstić information content (AvgIpc) is 2.77. The van der Waals surface area contributed by atoms with Crippen LogP contribution in [0, 0.1) is 5.92 Å². The number of morpholine rings is 1. The highest BCUT2D eigenvalue weighted by Crippen LogP contribution is 2.22. The van der Waals surface area contributed by atoms with Gasteiger partial charge in [0.1, 0.15) is 6.04 Å². The van der Waals surface area contributed by atoms with E-state index in [2.05, 4.69) is 16.0 Å². The molecule has 34 heavy (non-hydrogen) atoms. The number of anilines is 2. The third-order valence-electron chi connectivity index (χ3n) is 5.41. The van der Waals surface area contributed by atoms with Crippen molar-refractivity contribution in [1.29, 1.82) is 0 Å². The summed E-state index contributed by atoms with van der Waals surface area (Å²) >= 11 is 0. The Morgan fingerprint density at radius 2 is 1.47 bits per heavy atom. The van der Waals surface area contributed by atoms with E-state index in [9.17, 15) is 18.0 Å². The van der Waals surface area contributed by atoms with Crippen LogP contribution in [-0.4, -0.2) is 56.0 Å². The summed E-state index contributed by atoms with van der Waals surface area (Å²) in [6.07, 6.45) is -0.367. The van der Waals surface area contributed by atoms with Crippen LogP contribution in [-0.2, 0) is 19.6 Å². The van der Waals surface area contributed by atoms with Gasteiger partial charge >= 0.3 is 6.03 Å². The van der Waals surface area contributed by atoms with Crippen molar-refractivity contribution in [3.63, 3.8) is 0 Å². The molecular weight excluding hydrogens is 456 g/mol. The molecule has 1 heterocycles. The summed E-state index contributed by atoms with van der Waals surface area (Å²) in [5, 5.41) is 8.15. The van der Waals surface area contributed by atoms with Gasteiger partial charge in [0.15, 0.2) is 0 Å². The first-order chi connectivity index (χ1) is 16.1. The molecule has 2 aromatic carbocycles. The van der Waals surface area contributed by atoms with Gasteiger partial charge < -0.3 is 20.7 Å². The van der Waals surface area contributed by atoms with Crippen molar-refractivity contribution in [3.8, 4) is 0 Å². The quantitative estimate of drug-likeness (QED) is 0.553. The lowest BCUT2D eigenvalue weighted by Gasteiger charge is -2.34. The van der Waals surface area contributed by atoms with Gasteiger partial charge in [-0.1, -0.05) is 32.0 Å². The Labute approximate surface area is 200 Å². The lowest BCUT2D eigenvalue weighted by atomic mass is 10.0. The van der Waals surface area contributed by atoms with Crippen molar-refractivity contribution >= 4 is 33.3 Å². The molecule has 0 saturated carbocycles. The van der Waals surface area contributed by atoms with E-state index in [0.717, 1.165) is 0 Å². The molecule has 10 heteroatoms. The number of rotatable bonds is 7. The van der Waals surface area contributed by atoms with Crippen LogP contribution >= 0.6 is 0 Å². The van der Waals surface area contributed by atoms with Gasteiger partial charge in [0.2, 0.25) is 15.9 Å². The number of nitrogens with zero attached hydrogens (tertiary/aromatic N) is 1. The van der Waals surface area contributed by atoms with Crippen LogP contribution in [0.15, 0.2) is 59.5 Å².